The second-order valence-electron chi connectivity index (χ2n) is 2.36. The molecule has 0 amide bonds. The van der Waals surface area contributed by atoms with Gasteiger partial charge in [-0.1, -0.05) is 46.3 Å². The number of hydrogen-bond donors (Lipinski definition) is 0. The molecule has 0 aliphatic rings. The van der Waals surface area contributed by atoms with E-state index in [2.05, 4.69) is 0 Å². The van der Waals surface area contributed by atoms with E-state index in [-0.39, 0.29) is 10.0 Å². The second-order valence-corrected chi connectivity index (χ2v) is 3.58. The summed E-state index contributed by atoms with van der Waals surface area (Å²) in [6.45, 7) is -5.14. The first-order valence-electron chi connectivity index (χ1n) is 3.16. The Morgan fingerprint density at radius 1 is 0.846 bits per heavy atom. The molecule has 7 heteroatoms. The van der Waals surface area contributed by atoms with E-state index in [0.29, 0.717) is 0 Å². The molecule has 0 heterocycles. The van der Waals surface area contributed by atoms with Crippen LogP contribution >= 0.6 is 34.8 Å². The largest absolute Gasteiger partial charge is 0.511 e. The van der Waals surface area contributed by atoms with Gasteiger partial charge in [0.15, 0.2) is 0 Å². The molecule has 0 saturated carbocycles. The van der Waals surface area contributed by atoms with Crippen LogP contribution in [-0.2, 0) is 0 Å². The highest BCUT2D eigenvalue weighted by atomic mass is 35.5. The normalized spacial score (nSPS) is 11.8. The van der Waals surface area contributed by atoms with Crippen molar-refractivity contribution in [3.05, 3.63) is 27.2 Å². The van der Waals surface area contributed by atoms with Crippen LogP contribution in [-0.4, -0.2) is 6.98 Å². The van der Waals surface area contributed by atoms with E-state index in [9.17, 15) is 12.9 Å². The molecule has 0 bridgehead atoms. The van der Waals surface area contributed by atoms with Gasteiger partial charge in [-0.05, 0) is 6.07 Å². The van der Waals surface area contributed by atoms with Gasteiger partial charge in [0.2, 0.25) is 0 Å². The first-order valence-corrected chi connectivity index (χ1v) is 4.30. The molecule has 72 valence electrons. The SMILES string of the molecule is F[B-](F)(F)c1cc(Cl)c(Cl)cc1Cl. The van der Waals surface area contributed by atoms with Gasteiger partial charge in [0, 0.05) is 5.02 Å². The minimum atomic E-state index is -5.14. The molecule has 1 rings (SSSR count). The smallest absolute Gasteiger partial charge is 0.445 e. The zero-order valence-electron chi connectivity index (χ0n) is 6.00. The maximum atomic E-state index is 12.2. The lowest BCUT2D eigenvalue weighted by Crippen LogP contribution is -2.34. The predicted octanol–water partition coefficient (Wildman–Crippen LogP) is 3.70. The molecule has 0 unspecified atom stereocenters. The average Bonchev–Trinajstić information content (AvgIpc) is 1.94. The first-order chi connectivity index (χ1) is 5.82. The third-order valence-electron chi connectivity index (χ3n) is 1.39. The van der Waals surface area contributed by atoms with Crippen molar-refractivity contribution in [1.29, 1.82) is 0 Å². The Morgan fingerprint density at radius 3 is 1.77 bits per heavy atom. The van der Waals surface area contributed by atoms with Crippen LogP contribution in [0.25, 0.3) is 0 Å². The fraction of sp³-hybridized carbons (Fsp3) is 0. The number of halogens is 6. The minimum Gasteiger partial charge on any atom is -0.445 e. The molecule has 0 fully saturated rings. The third kappa shape index (κ3) is 2.45. The predicted molar refractivity (Wildman–Crippen MR) is 50.2 cm³/mol. The van der Waals surface area contributed by atoms with Crippen LogP contribution in [0.4, 0.5) is 12.9 Å². The van der Waals surface area contributed by atoms with Crippen molar-refractivity contribution in [2.45, 2.75) is 0 Å². The van der Waals surface area contributed by atoms with Gasteiger partial charge in [-0.15, -0.1) is 0 Å². The third-order valence-corrected chi connectivity index (χ3v) is 2.44. The van der Waals surface area contributed by atoms with E-state index in [1.165, 1.54) is 0 Å². The molecule has 0 aliphatic carbocycles. The van der Waals surface area contributed by atoms with E-state index < -0.39 is 17.5 Å². The monoisotopic (exact) mass is 247 g/mol. The summed E-state index contributed by atoms with van der Waals surface area (Å²) < 4.78 is 36.7. The Balaban J connectivity index is 3.32. The molecule has 0 atom stereocenters. The Bertz CT molecular complexity index is 337. The summed E-state index contributed by atoms with van der Waals surface area (Å²) >= 11 is 16.2. The highest BCUT2D eigenvalue weighted by Crippen LogP contribution is 2.26. The van der Waals surface area contributed by atoms with E-state index in [0.717, 1.165) is 12.1 Å². The van der Waals surface area contributed by atoms with Gasteiger partial charge in [0.25, 0.3) is 0 Å². The standard InChI is InChI=1S/C6H2BCl3F3/c8-4-2-6(10)5(9)1-3(4)7(11,12)13/h1-2H/q-1. The molecule has 0 saturated heterocycles. The van der Waals surface area contributed by atoms with Crippen molar-refractivity contribution in [3.63, 3.8) is 0 Å². The lowest BCUT2D eigenvalue weighted by atomic mass is 9.80. The summed E-state index contributed by atoms with van der Waals surface area (Å²) in [6.07, 6.45) is 0. The zero-order valence-corrected chi connectivity index (χ0v) is 8.27. The number of benzene rings is 1. The van der Waals surface area contributed by atoms with Gasteiger partial charge in [-0.2, -0.15) is 0 Å². The van der Waals surface area contributed by atoms with Crippen LogP contribution in [0.5, 0.6) is 0 Å². The van der Waals surface area contributed by atoms with Gasteiger partial charge in [0.05, 0.1) is 10.0 Å². The Kier molecular flexibility index (Phi) is 3.05. The van der Waals surface area contributed by atoms with Crippen LogP contribution < -0.4 is 5.46 Å². The molecule has 13 heavy (non-hydrogen) atoms. The fourth-order valence-corrected chi connectivity index (χ4v) is 1.47. The zero-order chi connectivity index (χ0) is 10.2. The van der Waals surface area contributed by atoms with E-state index in [1.54, 1.807) is 0 Å². The average molecular weight is 248 g/mol. The lowest BCUT2D eigenvalue weighted by Gasteiger charge is -2.17. The summed E-state index contributed by atoms with van der Waals surface area (Å²) in [5, 5.41) is -0.572. The molecular weight excluding hydrogens is 246 g/mol. The Morgan fingerprint density at radius 2 is 1.31 bits per heavy atom. The summed E-state index contributed by atoms with van der Waals surface area (Å²) in [5.74, 6) is 0. The van der Waals surface area contributed by atoms with E-state index >= 15 is 0 Å². The van der Waals surface area contributed by atoms with Gasteiger partial charge in [-0.25, -0.2) is 0 Å². The number of hydrogen-bond acceptors (Lipinski definition) is 0. The second kappa shape index (κ2) is 3.60. The molecule has 0 aromatic heterocycles. The fourth-order valence-electron chi connectivity index (χ4n) is 0.789. The van der Waals surface area contributed by atoms with Crippen molar-refractivity contribution < 1.29 is 12.9 Å². The van der Waals surface area contributed by atoms with Crippen LogP contribution in [0.3, 0.4) is 0 Å². The molecule has 0 N–H and O–H groups in total. The van der Waals surface area contributed by atoms with Crippen molar-refractivity contribution in [1.82, 2.24) is 0 Å². The summed E-state index contributed by atoms with van der Waals surface area (Å²) in [4.78, 5) is 0. The van der Waals surface area contributed by atoms with Crippen molar-refractivity contribution in [3.8, 4) is 0 Å². The highest BCUT2D eigenvalue weighted by molar-refractivity contribution is 6.76. The van der Waals surface area contributed by atoms with E-state index in [4.69, 9.17) is 34.8 Å². The topological polar surface area (TPSA) is 0 Å². The van der Waals surface area contributed by atoms with Gasteiger partial charge in [-0.3, -0.25) is 0 Å². The Hall–Kier alpha value is -0.0551. The molecular formula is C6H2BCl3F3-. The summed E-state index contributed by atoms with van der Waals surface area (Å²) in [6, 6.07) is 1.71. The van der Waals surface area contributed by atoms with E-state index in [1.807, 2.05) is 0 Å². The first kappa shape index (κ1) is 11.0. The van der Waals surface area contributed by atoms with Crippen molar-refractivity contribution >= 4 is 47.2 Å². The van der Waals surface area contributed by atoms with Gasteiger partial charge in [0.1, 0.15) is 0 Å². The molecule has 0 radical (unpaired) electrons. The maximum absolute atomic E-state index is 12.2. The van der Waals surface area contributed by atoms with Crippen LogP contribution in [0.1, 0.15) is 0 Å². The number of rotatable bonds is 1. The molecule has 0 aliphatic heterocycles. The molecule has 1 aromatic rings. The van der Waals surface area contributed by atoms with Crippen LogP contribution in [0.15, 0.2) is 12.1 Å². The minimum absolute atomic E-state index is 0.00969. The highest BCUT2D eigenvalue weighted by Gasteiger charge is 2.28. The molecule has 0 spiro atoms. The maximum Gasteiger partial charge on any atom is 0.511 e. The van der Waals surface area contributed by atoms with Gasteiger partial charge >= 0.3 is 6.98 Å². The summed E-state index contributed by atoms with van der Waals surface area (Å²) in [7, 11) is 0. The molecule has 1 aromatic carbocycles. The lowest BCUT2D eigenvalue weighted by molar-refractivity contribution is 0.501. The quantitative estimate of drug-likeness (QED) is 0.525. The molecule has 0 nitrogen and oxygen atoms in total. The van der Waals surface area contributed by atoms with Gasteiger partial charge < -0.3 is 12.9 Å². The summed E-state index contributed by atoms with van der Waals surface area (Å²) in [5.41, 5.74) is -0.920. The Labute approximate surface area is 87.6 Å². The van der Waals surface area contributed by atoms with Crippen molar-refractivity contribution in [2.24, 2.45) is 0 Å². The van der Waals surface area contributed by atoms with Crippen molar-refractivity contribution in [2.75, 3.05) is 0 Å². The van der Waals surface area contributed by atoms with Crippen LogP contribution in [0.2, 0.25) is 15.1 Å². The van der Waals surface area contributed by atoms with Crippen LogP contribution in [0, 0.1) is 0 Å².